The van der Waals surface area contributed by atoms with E-state index in [1.165, 1.54) is 17.7 Å². The minimum absolute atomic E-state index is 0.0619. The SMILES string of the molecule is C=CC.C=CC(=C)COC(=C)/C=C(OCCC/C(C)=C(\C)C=C)\C(=C/C)C(=O)O.CC. The predicted octanol–water partition coefficient (Wildman–Crippen LogP) is 7.71. The van der Waals surface area contributed by atoms with Crippen LogP contribution < -0.4 is 0 Å². The van der Waals surface area contributed by atoms with Crippen molar-refractivity contribution in [2.24, 2.45) is 0 Å². The van der Waals surface area contributed by atoms with Gasteiger partial charge in [0, 0.05) is 6.08 Å². The fourth-order valence-corrected chi connectivity index (χ4v) is 1.89. The first-order valence-corrected chi connectivity index (χ1v) is 10.4. The average Bonchev–Trinajstić information content (AvgIpc) is 2.76. The quantitative estimate of drug-likeness (QED) is 0.107. The Morgan fingerprint density at radius 1 is 1.00 bits per heavy atom. The summed E-state index contributed by atoms with van der Waals surface area (Å²) in [6.07, 6.45) is 9.73. The van der Waals surface area contributed by atoms with Gasteiger partial charge < -0.3 is 14.6 Å². The maximum absolute atomic E-state index is 11.4. The van der Waals surface area contributed by atoms with Gasteiger partial charge in [-0.2, -0.15) is 0 Å². The van der Waals surface area contributed by atoms with Gasteiger partial charge in [0.05, 0.1) is 12.2 Å². The second-order valence-electron chi connectivity index (χ2n) is 6.16. The molecule has 4 heteroatoms. The van der Waals surface area contributed by atoms with Crippen LogP contribution in [0.25, 0.3) is 0 Å². The summed E-state index contributed by atoms with van der Waals surface area (Å²) in [6.45, 7) is 30.4. The van der Waals surface area contributed by atoms with Gasteiger partial charge in [-0.25, -0.2) is 4.79 Å². The van der Waals surface area contributed by atoms with Crippen molar-refractivity contribution in [2.75, 3.05) is 13.2 Å². The second kappa shape index (κ2) is 21.7. The Balaban J connectivity index is -0.00000143. The van der Waals surface area contributed by atoms with Gasteiger partial charge in [0.1, 0.15) is 18.1 Å². The van der Waals surface area contributed by atoms with Crippen molar-refractivity contribution in [3.8, 4) is 0 Å². The van der Waals surface area contributed by atoms with Crippen molar-refractivity contribution in [3.63, 3.8) is 0 Å². The highest BCUT2D eigenvalue weighted by molar-refractivity contribution is 5.91. The number of ether oxygens (including phenoxy) is 2. The molecule has 0 unspecified atom stereocenters. The zero-order chi connectivity index (χ0) is 24.8. The smallest absolute Gasteiger partial charge is 0.339 e. The lowest BCUT2D eigenvalue weighted by Crippen LogP contribution is -2.08. The summed E-state index contributed by atoms with van der Waals surface area (Å²) in [5.74, 6) is -0.556. The van der Waals surface area contributed by atoms with E-state index in [9.17, 15) is 9.90 Å². The van der Waals surface area contributed by atoms with Crippen LogP contribution >= 0.6 is 0 Å². The van der Waals surface area contributed by atoms with Crippen LogP contribution in [0.15, 0.2) is 97.1 Å². The number of aliphatic carboxylic acids is 1. The van der Waals surface area contributed by atoms with Crippen LogP contribution in [0.5, 0.6) is 0 Å². The summed E-state index contributed by atoms with van der Waals surface area (Å²) < 4.78 is 11.1. The van der Waals surface area contributed by atoms with E-state index in [0.29, 0.717) is 17.9 Å². The molecular weight excluding hydrogens is 388 g/mol. The maximum Gasteiger partial charge on any atom is 0.339 e. The number of rotatable bonds is 13. The monoisotopic (exact) mass is 430 g/mol. The number of carboxylic acids is 1. The van der Waals surface area contributed by atoms with Crippen LogP contribution in [0.4, 0.5) is 0 Å². The third-order valence-corrected chi connectivity index (χ3v) is 3.74. The van der Waals surface area contributed by atoms with Gasteiger partial charge in [-0.1, -0.05) is 75.6 Å². The van der Waals surface area contributed by atoms with Crippen molar-refractivity contribution in [3.05, 3.63) is 97.1 Å². The standard InChI is InChI=1S/C22H30O4.C3H6.C2H6/c1-8-16(4)15-26-19(7)14-21(20(10-3)22(23)24)25-13-11-12-18(6)17(5)9-2;1-3-2;1-2/h8-10,14H,1-2,4,7,11-13,15H2,3,5-6H3,(H,23,24);3H,1H2,2H3;1-2H3/b18-17+,20-10+,21-14+;;. The second-order valence-corrected chi connectivity index (χ2v) is 6.16. The van der Waals surface area contributed by atoms with E-state index >= 15 is 0 Å². The van der Waals surface area contributed by atoms with E-state index in [4.69, 9.17) is 9.47 Å². The van der Waals surface area contributed by atoms with Crippen LogP contribution in [0, 0.1) is 0 Å². The molecular formula is C27H42O4. The molecule has 0 spiro atoms. The van der Waals surface area contributed by atoms with Crippen LogP contribution in [-0.2, 0) is 14.3 Å². The molecule has 0 radical (unpaired) electrons. The summed E-state index contributed by atoms with van der Waals surface area (Å²) in [7, 11) is 0. The van der Waals surface area contributed by atoms with Crippen molar-refractivity contribution in [1.82, 2.24) is 0 Å². The van der Waals surface area contributed by atoms with E-state index in [1.54, 1.807) is 19.1 Å². The first-order chi connectivity index (χ1) is 14.7. The van der Waals surface area contributed by atoms with E-state index < -0.39 is 5.97 Å². The fraction of sp³-hybridized carbons (Fsp3) is 0.370. The number of allylic oxidation sites excluding steroid dienone is 6. The van der Waals surface area contributed by atoms with Gasteiger partial charge in [-0.3, -0.25) is 0 Å². The Kier molecular flexibility index (Phi) is 22.8. The fourth-order valence-electron chi connectivity index (χ4n) is 1.89. The number of hydrogen-bond acceptors (Lipinski definition) is 3. The zero-order valence-corrected chi connectivity index (χ0v) is 20.4. The third-order valence-electron chi connectivity index (χ3n) is 3.74. The topological polar surface area (TPSA) is 55.8 Å². The molecule has 0 aromatic heterocycles. The van der Waals surface area contributed by atoms with E-state index in [-0.39, 0.29) is 17.9 Å². The molecule has 0 aromatic carbocycles. The Hall–Kier alpha value is -3.01. The Morgan fingerprint density at radius 3 is 1.97 bits per heavy atom. The summed E-state index contributed by atoms with van der Waals surface area (Å²) >= 11 is 0. The Labute approximate surface area is 190 Å². The molecule has 0 bridgehead atoms. The summed E-state index contributed by atoms with van der Waals surface area (Å²) in [6, 6.07) is 0. The largest absolute Gasteiger partial charge is 0.493 e. The number of carbonyl (C=O) groups is 1. The highest BCUT2D eigenvalue weighted by Gasteiger charge is 2.14. The number of carboxylic acid groups (broad SMARTS) is 1. The molecule has 4 nitrogen and oxygen atoms in total. The minimum atomic E-state index is -1.07. The third kappa shape index (κ3) is 17.6. The first kappa shape index (κ1) is 32.6. The normalized spacial score (nSPS) is 11.3. The Bertz CT molecular complexity index is 688. The van der Waals surface area contributed by atoms with E-state index in [2.05, 4.69) is 32.9 Å². The zero-order valence-electron chi connectivity index (χ0n) is 20.4. The van der Waals surface area contributed by atoms with Gasteiger partial charge in [0.25, 0.3) is 0 Å². The molecule has 0 saturated heterocycles. The van der Waals surface area contributed by atoms with Crippen LogP contribution in [-0.4, -0.2) is 24.3 Å². The van der Waals surface area contributed by atoms with Crippen molar-refractivity contribution in [2.45, 2.75) is 54.4 Å². The molecule has 31 heavy (non-hydrogen) atoms. The average molecular weight is 431 g/mol. The van der Waals surface area contributed by atoms with Crippen LogP contribution in [0.2, 0.25) is 0 Å². The van der Waals surface area contributed by atoms with Crippen molar-refractivity contribution < 1.29 is 19.4 Å². The van der Waals surface area contributed by atoms with E-state index in [0.717, 1.165) is 18.4 Å². The van der Waals surface area contributed by atoms with Crippen molar-refractivity contribution in [1.29, 1.82) is 0 Å². The minimum Gasteiger partial charge on any atom is -0.493 e. The molecule has 0 amide bonds. The highest BCUT2D eigenvalue weighted by atomic mass is 16.5. The van der Waals surface area contributed by atoms with E-state index in [1.807, 2.05) is 40.7 Å². The first-order valence-electron chi connectivity index (χ1n) is 10.4. The molecule has 0 aliphatic rings. The lowest BCUT2D eigenvalue weighted by Gasteiger charge is -2.13. The lowest BCUT2D eigenvalue weighted by atomic mass is 10.1. The lowest BCUT2D eigenvalue weighted by molar-refractivity contribution is -0.132. The van der Waals surface area contributed by atoms with Crippen LogP contribution in [0.3, 0.4) is 0 Å². The van der Waals surface area contributed by atoms with Gasteiger partial charge in [0.15, 0.2) is 0 Å². The molecule has 0 fully saturated rings. The van der Waals surface area contributed by atoms with Gasteiger partial charge >= 0.3 is 5.97 Å². The summed E-state index contributed by atoms with van der Waals surface area (Å²) in [5, 5.41) is 9.36. The molecule has 0 aliphatic carbocycles. The van der Waals surface area contributed by atoms with Crippen LogP contribution in [0.1, 0.15) is 54.4 Å². The van der Waals surface area contributed by atoms with Gasteiger partial charge in [0.2, 0.25) is 0 Å². The van der Waals surface area contributed by atoms with Gasteiger partial charge in [-0.15, -0.1) is 6.58 Å². The number of hydrogen-bond donors (Lipinski definition) is 1. The molecule has 0 aromatic rings. The molecule has 0 saturated carbocycles. The summed E-state index contributed by atoms with van der Waals surface area (Å²) in [4.78, 5) is 11.4. The van der Waals surface area contributed by atoms with Crippen molar-refractivity contribution >= 4 is 5.97 Å². The predicted molar refractivity (Wildman–Crippen MR) is 135 cm³/mol. The molecule has 0 heterocycles. The molecule has 174 valence electrons. The molecule has 0 aliphatic heterocycles. The summed E-state index contributed by atoms with van der Waals surface area (Å²) in [5.41, 5.74) is 3.14. The molecule has 0 rings (SSSR count). The highest BCUT2D eigenvalue weighted by Crippen LogP contribution is 2.18. The molecule has 1 N–H and O–H groups in total. The molecule has 0 atom stereocenters. The van der Waals surface area contributed by atoms with Gasteiger partial charge in [-0.05, 0) is 46.1 Å². The maximum atomic E-state index is 11.4. The Morgan fingerprint density at radius 2 is 1.55 bits per heavy atom.